The molecular formula is C14H25N3O2. The molecule has 0 aliphatic carbocycles. The third-order valence-corrected chi connectivity index (χ3v) is 3.98. The molecule has 2 aliphatic rings. The van der Waals surface area contributed by atoms with Crippen molar-refractivity contribution in [2.75, 3.05) is 32.7 Å². The summed E-state index contributed by atoms with van der Waals surface area (Å²) in [6.45, 7) is 11.1. The van der Waals surface area contributed by atoms with Crippen molar-refractivity contribution in [1.29, 1.82) is 0 Å². The molecule has 1 fully saturated rings. The smallest absolute Gasteiger partial charge is 0.266 e. The van der Waals surface area contributed by atoms with Crippen LogP contribution in [0.1, 0.15) is 33.6 Å². The molecule has 1 atom stereocenters. The van der Waals surface area contributed by atoms with Crippen molar-refractivity contribution in [2.45, 2.75) is 39.7 Å². The first kappa shape index (κ1) is 14.3. The number of oxime groups is 1. The minimum atomic E-state index is -0.384. The maximum absolute atomic E-state index is 12.4. The molecule has 0 bridgehead atoms. The van der Waals surface area contributed by atoms with Crippen molar-refractivity contribution in [3.8, 4) is 0 Å². The van der Waals surface area contributed by atoms with Crippen LogP contribution in [0.3, 0.4) is 0 Å². The van der Waals surface area contributed by atoms with Crippen LogP contribution < -0.4 is 0 Å². The number of carbonyl (C=O) groups excluding carboxylic acids is 1. The standard InChI is InChI=1S/C14H25N3O2/c1-4-16-6-5-7-17(9-8-16)14(18)13-10-12(11(2)3)15-19-13/h11,13H,4-10H2,1-3H3/t13-/m0/s1. The van der Waals surface area contributed by atoms with Crippen LogP contribution in [-0.4, -0.2) is 60.2 Å². The highest BCUT2D eigenvalue weighted by molar-refractivity contribution is 5.93. The maximum Gasteiger partial charge on any atom is 0.266 e. The Morgan fingerprint density at radius 2 is 2.16 bits per heavy atom. The van der Waals surface area contributed by atoms with Gasteiger partial charge in [0.2, 0.25) is 6.10 Å². The summed E-state index contributed by atoms with van der Waals surface area (Å²) in [5.74, 6) is 0.467. The molecule has 0 spiro atoms. The molecule has 5 nitrogen and oxygen atoms in total. The lowest BCUT2D eigenvalue weighted by atomic mass is 10.0. The summed E-state index contributed by atoms with van der Waals surface area (Å²) in [5, 5.41) is 4.05. The number of amides is 1. The molecule has 2 heterocycles. The van der Waals surface area contributed by atoms with Gasteiger partial charge in [0.1, 0.15) is 0 Å². The first-order valence-corrected chi connectivity index (χ1v) is 7.35. The van der Waals surface area contributed by atoms with Gasteiger partial charge >= 0.3 is 0 Å². The second-order valence-corrected chi connectivity index (χ2v) is 5.65. The lowest BCUT2D eigenvalue weighted by molar-refractivity contribution is -0.141. The van der Waals surface area contributed by atoms with Crippen LogP contribution in [0.15, 0.2) is 5.16 Å². The van der Waals surface area contributed by atoms with Crippen LogP contribution in [0.5, 0.6) is 0 Å². The Morgan fingerprint density at radius 1 is 1.37 bits per heavy atom. The van der Waals surface area contributed by atoms with Gasteiger partial charge in [0.05, 0.1) is 5.71 Å². The lowest BCUT2D eigenvalue weighted by Gasteiger charge is -2.23. The molecule has 2 aliphatic heterocycles. The molecule has 0 N–H and O–H groups in total. The van der Waals surface area contributed by atoms with Gasteiger partial charge in [0.15, 0.2) is 0 Å². The minimum absolute atomic E-state index is 0.109. The third-order valence-electron chi connectivity index (χ3n) is 3.98. The first-order valence-electron chi connectivity index (χ1n) is 7.35. The molecule has 0 unspecified atom stereocenters. The predicted octanol–water partition coefficient (Wildman–Crippen LogP) is 1.34. The average molecular weight is 267 g/mol. The summed E-state index contributed by atoms with van der Waals surface area (Å²) in [6.07, 6.45) is 1.32. The van der Waals surface area contributed by atoms with E-state index in [9.17, 15) is 4.79 Å². The van der Waals surface area contributed by atoms with E-state index in [4.69, 9.17) is 4.84 Å². The van der Waals surface area contributed by atoms with E-state index < -0.39 is 0 Å². The molecule has 2 rings (SSSR count). The highest BCUT2D eigenvalue weighted by Crippen LogP contribution is 2.18. The van der Waals surface area contributed by atoms with Gasteiger partial charge in [-0.3, -0.25) is 4.79 Å². The SMILES string of the molecule is CCN1CCCN(C(=O)[C@@H]2CC(C(C)C)=NO2)CC1. The minimum Gasteiger partial charge on any atom is -0.382 e. The summed E-state index contributed by atoms with van der Waals surface area (Å²) < 4.78 is 0. The quantitative estimate of drug-likeness (QED) is 0.775. The van der Waals surface area contributed by atoms with Crippen LogP contribution in [0.25, 0.3) is 0 Å². The van der Waals surface area contributed by atoms with Gasteiger partial charge in [0, 0.05) is 26.1 Å². The third kappa shape index (κ3) is 3.47. The van der Waals surface area contributed by atoms with Crippen LogP contribution in [0, 0.1) is 5.92 Å². The summed E-state index contributed by atoms with van der Waals surface area (Å²) in [6, 6.07) is 0. The molecule has 108 valence electrons. The first-order chi connectivity index (χ1) is 9.11. The van der Waals surface area contributed by atoms with E-state index >= 15 is 0 Å². The average Bonchev–Trinajstić information content (AvgIpc) is 2.77. The van der Waals surface area contributed by atoms with Gasteiger partial charge in [-0.25, -0.2) is 0 Å². The van der Waals surface area contributed by atoms with E-state index in [1.54, 1.807) is 0 Å². The van der Waals surface area contributed by atoms with E-state index in [1.807, 2.05) is 4.90 Å². The largest absolute Gasteiger partial charge is 0.382 e. The van der Waals surface area contributed by atoms with Crippen LogP contribution in [0.2, 0.25) is 0 Å². The molecule has 19 heavy (non-hydrogen) atoms. The molecule has 0 aromatic rings. The molecule has 1 saturated heterocycles. The molecule has 5 heteroatoms. The van der Waals surface area contributed by atoms with E-state index in [-0.39, 0.29) is 12.0 Å². The molecule has 0 aromatic heterocycles. The van der Waals surface area contributed by atoms with Crippen molar-refractivity contribution in [3.05, 3.63) is 0 Å². The monoisotopic (exact) mass is 267 g/mol. The van der Waals surface area contributed by atoms with E-state index in [0.29, 0.717) is 12.3 Å². The summed E-state index contributed by atoms with van der Waals surface area (Å²) in [4.78, 5) is 22.1. The second-order valence-electron chi connectivity index (χ2n) is 5.65. The Kier molecular flexibility index (Phi) is 4.80. The Labute approximate surface area is 115 Å². The number of hydrogen-bond donors (Lipinski definition) is 0. The van der Waals surface area contributed by atoms with Crippen molar-refractivity contribution in [1.82, 2.24) is 9.80 Å². The second kappa shape index (κ2) is 6.37. The van der Waals surface area contributed by atoms with Crippen LogP contribution in [0.4, 0.5) is 0 Å². The van der Waals surface area contributed by atoms with Gasteiger partial charge in [0.25, 0.3) is 5.91 Å². The predicted molar refractivity (Wildman–Crippen MR) is 75.1 cm³/mol. The van der Waals surface area contributed by atoms with Crippen molar-refractivity contribution in [3.63, 3.8) is 0 Å². The maximum atomic E-state index is 12.4. The zero-order chi connectivity index (χ0) is 13.8. The number of nitrogens with zero attached hydrogens (tertiary/aromatic N) is 3. The van der Waals surface area contributed by atoms with Gasteiger partial charge < -0.3 is 14.6 Å². The van der Waals surface area contributed by atoms with Gasteiger partial charge in [-0.05, 0) is 25.4 Å². The summed E-state index contributed by atoms with van der Waals surface area (Å²) in [7, 11) is 0. The fourth-order valence-electron chi connectivity index (χ4n) is 2.58. The highest BCUT2D eigenvalue weighted by Gasteiger charge is 2.33. The highest BCUT2D eigenvalue weighted by atomic mass is 16.6. The van der Waals surface area contributed by atoms with Gasteiger partial charge in [-0.2, -0.15) is 0 Å². The summed E-state index contributed by atoms with van der Waals surface area (Å²) >= 11 is 0. The van der Waals surface area contributed by atoms with E-state index in [1.165, 1.54) is 0 Å². The Morgan fingerprint density at radius 3 is 2.79 bits per heavy atom. The molecule has 0 aromatic carbocycles. The van der Waals surface area contributed by atoms with E-state index in [2.05, 4.69) is 30.8 Å². The fourth-order valence-corrected chi connectivity index (χ4v) is 2.58. The number of carbonyl (C=O) groups is 1. The Balaban J connectivity index is 1.87. The Hall–Kier alpha value is -1.10. The van der Waals surface area contributed by atoms with Gasteiger partial charge in [-0.1, -0.05) is 25.9 Å². The molecule has 0 radical (unpaired) electrons. The van der Waals surface area contributed by atoms with Crippen molar-refractivity contribution >= 4 is 11.6 Å². The normalized spacial score (nSPS) is 25.2. The molecule has 0 saturated carbocycles. The van der Waals surface area contributed by atoms with Crippen molar-refractivity contribution in [2.24, 2.45) is 11.1 Å². The zero-order valence-electron chi connectivity index (χ0n) is 12.3. The molecular weight excluding hydrogens is 242 g/mol. The molecule has 1 amide bonds. The van der Waals surface area contributed by atoms with E-state index in [0.717, 1.165) is 44.9 Å². The van der Waals surface area contributed by atoms with Crippen LogP contribution in [-0.2, 0) is 9.63 Å². The lowest BCUT2D eigenvalue weighted by Crippen LogP contribution is -2.41. The number of hydrogen-bond acceptors (Lipinski definition) is 4. The summed E-state index contributed by atoms with van der Waals surface area (Å²) in [5.41, 5.74) is 1.00. The number of likely N-dealkylation sites (N-methyl/N-ethyl adjacent to an activating group) is 1. The van der Waals surface area contributed by atoms with Crippen molar-refractivity contribution < 1.29 is 9.63 Å². The number of rotatable bonds is 3. The van der Waals surface area contributed by atoms with Gasteiger partial charge in [-0.15, -0.1) is 0 Å². The fraction of sp³-hybridized carbons (Fsp3) is 0.857. The van der Waals surface area contributed by atoms with Crippen LogP contribution >= 0.6 is 0 Å². The topological polar surface area (TPSA) is 45.1 Å². The Bertz CT molecular complexity index is 355. The zero-order valence-corrected chi connectivity index (χ0v) is 12.3.